The maximum Gasteiger partial charge on any atom is 0.261 e. The van der Waals surface area contributed by atoms with E-state index in [1.54, 1.807) is 0 Å². The normalized spacial score (nSPS) is 20.9. The SMILES string of the molecule is CCN(C)C(C)C#CCOc1ccc(S(=O)(=O)N2CC(O)CCC2C(=O)NO)cc1. The second-order valence-corrected chi connectivity index (χ2v) is 9.02. The fourth-order valence-electron chi connectivity index (χ4n) is 3.06. The predicted molar refractivity (Wildman–Crippen MR) is 110 cm³/mol. The van der Waals surface area contributed by atoms with Crippen LogP contribution in [0.4, 0.5) is 0 Å². The van der Waals surface area contributed by atoms with Crippen molar-refractivity contribution >= 4 is 15.9 Å². The minimum Gasteiger partial charge on any atom is -0.481 e. The number of nitrogens with one attached hydrogen (secondary N) is 1. The molecule has 0 aromatic heterocycles. The summed E-state index contributed by atoms with van der Waals surface area (Å²) in [6.45, 7) is 4.89. The number of carbonyl (C=O) groups excluding carboxylic acids is 1. The van der Waals surface area contributed by atoms with Gasteiger partial charge in [0.2, 0.25) is 10.0 Å². The maximum absolute atomic E-state index is 13.0. The number of nitrogens with zero attached hydrogens (tertiary/aromatic N) is 2. The number of β-amino-alcohol motifs (C(OH)–C–C–N with tert-alkyl or cyclic N) is 1. The van der Waals surface area contributed by atoms with Crippen LogP contribution in [0, 0.1) is 11.8 Å². The van der Waals surface area contributed by atoms with Crippen LogP contribution in [0.15, 0.2) is 29.2 Å². The molecule has 0 bridgehead atoms. The van der Waals surface area contributed by atoms with Gasteiger partial charge in [-0.15, -0.1) is 0 Å². The fourth-order valence-corrected chi connectivity index (χ4v) is 4.71. The predicted octanol–water partition coefficient (Wildman–Crippen LogP) is 0.428. The van der Waals surface area contributed by atoms with Gasteiger partial charge in [0.25, 0.3) is 5.91 Å². The van der Waals surface area contributed by atoms with E-state index in [1.807, 2.05) is 20.9 Å². The lowest BCUT2D eigenvalue weighted by molar-refractivity contribution is -0.135. The zero-order chi connectivity index (χ0) is 22.3. The Morgan fingerprint density at radius 2 is 2.03 bits per heavy atom. The number of carbonyl (C=O) groups is 1. The molecule has 3 unspecified atom stereocenters. The summed E-state index contributed by atoms with van der Waals surface area (Å²) in [5, 5.41) is 18.8. The van der Waals surface area contributed by atoms with Crippen LogP contribution >= 0.6 is 0 Å². The molecule has 166 valence electrons. The van der Waals surface area contributed by atoms with Crippen molar-refractivity contribution in [1.82, 2.24) is 14.7 Å². The van der Waals surface area contributed by atoms with E-state index in [0.29, 0.717) is 5.75 Å². The Hall–Kier alpha value is -2.16. The molecule has 1 aromatic carbocycles. The van der Waals surface area contributed by atoms with Crippen LogP contribution in [0.2, 0.25) is 0 Å². The van der Waals surface area contributed by atoms with E-state index in [4.69, 9.17) is 9.94 Å². The first kappa shape index (κ1) is 24.1. The third-order valence-corrected chi connectivity index (χ3v) is 7.03. The highest BCUT2D eigenvalue weighted by atomic mass is 32.2. The Morgan fingerprint density at radius 3 is 2.63 bits per heavy atom. The third-order valence-electron chi connectivity index (χ3n) is 5.14. The van der Waals surface area contributed by atoms with Gasteiger partial charge in [-0.05, 0) is 57.6 Å². The van der Waals surface area contributed by atoms with E-state index in [1.165, 1.54) is 29.7 Å². The van der Waals surface area contributed by atoms with Crippen LogP contribution in [0.1, 0.15) is 26.7 Å². The number of piperidine rings is 1. The summed E-state index contributed by atoms with van der Waals surface area (Å²) >= 11 is 0. The molecule has 3 atom stereocenters. The van der Waals surface area contributed by atoms with E-state index >= 15 is 0 Å². The summed E-state index contributed by atoms with van der Waals surface area (Å²) in [5.41, 5.74) is 1.50. The summed E-state index contributed by atoms with van der Waals surface area (Å²) in [7, 11) is -2.07. The molecule has 2 rings (SSSR count). The van der Waals surface area contributed by atoms with E-state index in [0.717, 1.165) is 10.8 Å². The highest BCUT2D eigenvalue weighted by Gasteiger charge is 2.40. The summed E-state index contributed by atoms with van der Waals surface area (Å²) in [6.07, 6.45) is -0.499. The first-order chi connectivity index (χ1) is 14.2. The maximum atomic E-state index is 13.0. The van der Waals surface area contributed by atoms with Crippen molar-refractivity contribution in [3.8, 4) is 17.6 Å². The molecule has 1 saturated heterocycles. The van der Waals surface area contributed by atoms with Gasteiger partial charge in [0, 0.05) is 6.54 Å². The molecule has 0 radical (unpaired) electrons. The molecule has 0 saturated carbocycles. The molecule has 9 nitrogen and oxygen atoms in total. The number of aliphatic hydroxyl groups is 1. The summed E-state index contributed by atoms with van der Waals surface area (Å²) in [6, 6.07) is 4.80. The molecular formula is C20H29N3O6S. The Balaban J connectivity index is 2.08. The topological polar surface area (TPSA) is 119 Å². The van der Waals surface area contributed by atoms with E-state index in [-0.39, 0.29) is 36.9 Å². The lowest BCUT2D eigenvalue weighted by Crippen LogP contribution is -2.54. The number of sulfonamides is 1. The molecule has 0 spiro atoms. The van der Waals surface area contributed by atoms with E-state index in [9.17, 15) is 18.3 Å². The lowest BCUT2D eigenvalue weighted by Gasteiger charge is -2.35. The van der Waals surface area contributed by atoms with Crippen molar-refractivity contribution in [3.05, 3.63) is 24.3 Å². The first-order valence-electron chi connectivity index (χ1n) is 9.76. The van der Waals surface area contributed by atoms with Crippen molar-refractivity contribution < 1.29 is 28.3 Å². The van der Waals surface area contributed by atoms with Crippen LogP contribution in [-0.2, 0) is 14.8 Å². The van der Waals surface area contributed by atoms with Gasteiger partial charge in [0.05, 0.1) is 17.0 Å². The van der Waals surface area contributed by atoms with Gasteiger partial charge < -0.3 is 9.84 Å². The van der Waals surface area contributed by atoms with Crippen molar-refractivity contribution in [3.63, 3.8) is 0 Å². The Morgan fingerprint density at radius 1 is 1.37 bits per heavy atom. The minimum atomic E-state index is -4.05. The minimum absolute atomic E-state index is 0.0380. The van der Waals surface area contributed by atoms with Crippen LogP contribution in [0.3, 0.4) is 0 Å². The monoisotopic (exact) mass is 439 g/mol. The zero-order valence-corrected chi connectivity index (χ0v) is 18.2. The zero-order valence-electron chi connectivity index (χ0n) is 17.4. The summed E-state index contributed by atoms with van der Waals surface area (Å²) in [4.78, 5) is 13.9. The lowest BCUT2D eigenvalue weighted by atomic mass is 10.0. The quantitative estimate of drug-likeness (QED) is 0.320. The van der Waals surface area contributed by atoms with Crippen molar-refractivity contribution in [2.24, 2.45) is 0 Å². The molecule has 1 aliphatic rings. The van der Waals surface area contributed by atoms with Gasteiger partial charge in [-0.2, -0.15) is 4.31 Å². The molecule has 1 aromatic rings. The molecule has 1 heterocycles. The number of hydrogen-bond acceptors (Lipinski definition) is 7. The van der Waals surface area contributed by atoms with Gasteiger partial charge in [-0.3, -0.25) is 14.9 Å². The van der Waals surface area contributed by atoms with Crippen LogP contribution in [-0.4, -0.2) is 78.8 Å². The molecule has 1 fully saturated rings. The molecular weight excluding hydrogens is 410 g/mol. The Kier molecular flexibility index (Phi) is 8.64. The molecule has 1 amide bonds. The van der Waals surface area contributed by atoms with E-state index in [2.05, 4.69) is 16.7 Å². The summed E-state index contributed by atoms with van der Waals surface area (Å²) in [5.74, 6) is 5.65. The highest BCUT2D eigenvalue weighted by Crippen LogP contribution is 2.27. The highest BCUT2D eigenvalue weighted by molar-refractivity contribution is 7.89. The molecule has 0 aliphatic carbocycles. The number of aliphatic hydroxyl groups excluding tert-OH is 1. The number of ether oxygens (including phenoxy) is 1. The smallest absolute Gasteiger partial charge is 0.261 e. The number of benzene rings is 1. The standard InChI is InChI=1S/C20H29N3O6S/c1-4-22(3)15(2)6-5-13-29-17-8-10-18(11-9-17)30(27,28)23-14-16(24)7-12-19(23)20(25)21-26/h8-11,15-16,19,24,26H,4,7,12-14H2,1-3H3,(H,21,25). The number of rotatable bonds is 7. The third kappa shape index (κ3) is 5.93. The van der Waals surface area contributed by atoms with Gasteiger partial charge >= 0.3 is 0 Å². The van der Waals surface area contributed by atoms with Crippen molar-refractivity contribution in [1.29, 1.82) is 0 Å². The van der Waals surface area contributed by atoms with Crippen LogP contribution in [0.25, 0.3) is 0 Å². The fraction of sp³-hybridized carbons (Fsp3) is 0.550. The number of hydrogen-bond donors (Lipinski definition) is 3. The molecule has 3 N–H and O–H groups in total. The molecule has 10 heteroatoms. The van der Waals surface area contributed by atoms with Crippen LogP contribution < -0.4 is 10.2 Å². The van der Waals surface area contributed by atoms with Gasteiger partial charge in [-0.25, -0.2) is 13.9 Å². The van der Waals surface area contributed by atoms with E-state index < -0.39 is 28.1 Å². The molecule has 1 aliphatic heterocycles. The first-order valence-corrected chi connectivity index (χ1v) is 11.2. The Labute approximate surface area is 177 Å². The van der Waals surface area contributed by atoms with Gasteiger partial charge in [-0.1, -0.05) is 18.8 Å². The van der Waals surface area contributed by atoms with Crippen molar-refractivity contribution in [2.45, 2.75) is 49.8 Å². The average Bonchev–Trinajstić information content (AvgIpc) is 2.75. The van der Waals surface area contributed by atoms with Crippen molar-refractivity contribution in [2.75, 3.05) is 26.7 Å². The largest absolute Gasteiger partial charge is 0.481 e. The van der Waals surface area contributed by atoms with Crippen LogP contribution in [0.5, 0.6) is 5.75 Å². The number of amides is 1. The van der Waals surface area contributed by atoms with Gasteiger partial charge in [0.1, 0.15) is 18.4 Å². The van der Waals surface area contributed by atoms with Gasteiger partial charge in [0.15, 0.2) is 0 Å². The molecule has 30 heavy (non-hydrogen) atoms. The number of hydroxylamine groups is 1. The Bertz CT molecular complexity index is 878. The summed E-state index contributed by atoms with van der Waals surface area (Å²) < 4.78 is 32.4. The second-order valence-electron chi connectivity index (χ2n) is 7.13. The average molecular weight is 440 g/mol. The second kappa shape index (κ2) is 10.7.